The molecule has 6 rings (SSSR count). The van der Waals surface area contributed by atoms with Gasteiger partial charge in [0.1, 0.15) is 0 Å². The second kappa shape index (κ2) is 7.31. The first-order valence-electron chi connectivity index (χ1n) is 11.3. The zero-order chi connectivity index (χ0) is 17.6. The van der Waals surface area contributed by atoms with E-state index < -0.39 is 0 Å². The minimum absolute atomic E-state index is 0.0369. The van der Waals surface area contributed by atoms with Gasteiger partial charge in [-0.1, -0.05) is 0 Å². The first-order valence-corrected chi connectivity index (χ1v) is 12.5. The molecule has 6 fully saturated rings. The second-order valence-electron chi connectivity index (χ2n) is 10.2. The van der Waals surface area contributed by atoms with Gasteiger partial charge in [0.15, 0.2) is 0 Å². The van der Waals surface area contributed by atoms with Crippen LogP contribution >= 0.6 is 11.8 Å². The van der Waals surface area contributed by atoms with Crippen molar-refractivity contribution in [2.45, 2.75) is 70.3 Å². The lowest BCUT2D eigenvalue weighted by Gasteiger charge is -2.55. The van der Waals surface area contributed by atoms with Crippen molar-refractivity contribution in [2.24, 2.45) is 29.1 Å². The summed E-state index contributed by atoms with van der Waals surface area (Å²) in [7, 11) is 0. The van der Waals surface area contributed by atoms with Crippen LogP contribution in [0.4, 0.5) is 0 Å². The van der Waals surface area contributed by atoms with Gasteiger partial charge in [-0.3, -0.25) is 4.79 Å². The Bertz CT molecular complexity index is 487. The van der Waals surface area contributed by atoms with Gasteiger partial charge >= 0.3 is 0 Å². The lowest BCUT2D eigenvalue weighted by molar-refractivity contribution is -0.146. The fraction of sp³-hybridized carbons (Fsp3) is 0.955. The van der Waals surface area contributed by atoms with Gasteiger partial charge in [0.25, 0.3) is 0 Å². The predicted molar refractivity (Wildman–Crippen MR) is 108 cm³/mol. The molecule has 1 amide bonds. The van der Waals surface area contributed by atoms with Gasteiger partial charge in [0.05, 0.1) is 0 Å². The number of nitrogens with one attached hydrogen (secondary N) is 1. The van der Waals surface area contributed by atoms with E-state index in [-0.39, 0.29) is 5.41 Å². The largest absolute Gasteiger partial charge is 0.355 e. The van der Waals surface area contributed by atoms with Crippen LogP contribution in [0.1, 0.15) is 64.2 Å². The van der Waals surface area contributed by atoms with E-state index in [9.17, 15) is 4.79 Å². The molecular weight excluding hydrogens is 340 g/mol. The van der Waals surface area contributed by atoms with Gasteiger partial charge in [-0.2, -0.15) is 11.8 Å². The van der Waals surface area contributed by atoms with E-state index in [4.69, 9.17) is 0 Å². The van der Waals surface area contributed by atoms with Crippen molar-refractivity contribution in [3.8, 4) is 0 Å². The zero-order valence-corrected chi connectivity index (χ0v) is 17.1. The van der Waals surface area contributed by atoms with Crippen LogP contribution in [0.15, 0.2) is 0 Å². The number of nitrogens with zero attached hydrogens (tertiary/aromatic N) is 1. The standard InChI is InChI=1S/C22H36N2OS/c25-21(22-12-17-9-18(13-22)11-19(10-17)14-22)23-15-16-1-5-24(6-2-16)20-3-7-26-8-4-20/h16-20H,1-15H2,(H,23,25). The maximum atomic E-state index is 13.1. The Labute approximate surface area is 163 Å². The Balaban J connectivity index is 1.10. The molecule has 4 bridgehead atoms. The van der Waals surface area contributed by atoms with Gasteiger partial charge in [0, 0.05) is 18.0 Å². The topological polar surface area (TPSA) is 32.3 Å². The van der Waals surface area contributed by atoms with Crippen molar-refractivity contribution in [1.82, 2.24) is 10.2 Å². The van der Waals surface area contributed by atoms with Crippen molar-refractivity contribution < 1.29 is 4.79 Å². The maximum absolute atomic E-state index is 13.1. The average Bonchev–Trinajstić information content (AvgIpc) is 2.66. The summed E-state index contributed by atoms with van der Waals surface area (Å²) < 4.78 is 0. The minimum Gasteiger partial charge on any atom is -0.355 e. The molecular formula is C22H36N2OS. The van der Waals surface area contributed by atoms with E-state index in [1.54, 1.807) is 0 Å². The van der Waals surface area contributed by atoms with Crippen LogP contribution in [0.5, 0.6) is 0 Å². The molecule has 4 saturated carbocycles. The smallest absolute Gasteiger partial charge is 0.226 e. The van der Waals surface area contributed by atoms with E-state index in [1.165, 1.54) is 88.8 Å². The van der Waals surface area contributed by atoms with E-state index >= 15 is 0 Å². The van der Waals surface area contributed by atoms with Gasteiger partial charge in [-0.05, 0) is 112 Å². The van der Waals surface area contributed by atoms with Crippen LogP contribution in [-0.2, 0) is 4.79 Å². The fourth-order valence-corrected chi connectivity index (χ4v) is 8.47. The molecule has 1 N–H and O–H groups in total. The van der Waals surface area contributed by atoms with Crippen molar-refractivity contribution in [3.63, 3.8) is 0 Å². The Morgan fingerprint density at radius 3 is 2.08 bits per heavy atom. The molecule has 2 saturated heterocycles. The number of hydrogen-bond donors (Lipinski definition) is 1. The minimum atomic E-state index is 0.0369. The van der Waals surface area contributed by atoms with Crippen LogP contribution in [-0.4, -0.2) is 48.0 Å². The third-order valence-electron chi connectivity index (χ3n) is 8.43. The summed E-state index contributed by atoms with van der Waals surface area (Å²) >= 11 is 2.12. The predicted octanol–water partition coefficient (Wildman–Crippen LogP) is 3.93. The fourth-order valence-electron chi connectivity index (χ4n) is 7.39. The zero-order valence-electron chi connectivity index (χ0n) is 16.3. The van der Waals surface area contributed by atoms with Crippen molar-refractivity contribution in [3.05, 3.63) is 0 Å². The summed E-state index contributed by atoms with van der Waals surface area (Å²) in [5.74, 6) is 6.44. The molecule has 4 aliphatic carbocycles. The van der Waals surface area contributed by atoms with Crippen LogP contribution in [0, 0.1) is 29.1 Å². The van der Waals surface area contributed by atoms with Gasteiger partial charge in [0.2, 0.25) is 5.91 Å². The van der Waals surface area contributed by atoms with Gasteiger partial charge in [-0.15, -0.1) is 0 Å². The van der Waals surface area contributed by atoms with Crippen molar-refractivity contribution in [2.75, 3.05) is 31.1 Å². The first-order chi connectivity index (χ1) is 12.7. The number of likely N-dealkylation sites (tertiary alicyclic amines) is 1. The van der Waals surface area contributed by atoms with Crippen molar-refractivity contribution in [1.29, 1.82) is 0 Å². The third kappa shape index (κ3) is 3.45. The molecule has 0 spiro atoms. The van der Waals surface area contributed by atoms with Gasteiger partial charge < -0.3 is 10.2 Å². The molecule has 26 heavy (non-hydrogen) atoms. The molecule has 4 heteroatoms. The van der Waals surface area contributed by atoms with Crippen molar-refractivity contribution >= 4 is 17.7 Å². The molecule has 0 aromatic rings. The molecule has 6 aliphatic rings. The van der Waals surface area contributed by atoms with E-state index in [0.717, 1.165) is 30.3 Å². The highest BCUT2D eigenvalue weighted by atomic mass is 32.2. The summed E-state index contributed by atoms with van der Waals surface area (Å²) in [6, 6.07) is 0.846. The summed E-state index contributed by atoms with van der Waals surface area (Å²) in [4.78, 5) is 15.9. The van der Waals surface area contributed by atoms with E-state index in [1.807, 2.05) is 0 Å². The number of carbonyl (C=O) groups is 1. The molecule has 0 radical (unpaired) electrons. The SMILES string of the molecule is O=C(NCC1CCN(C2CCSCC2)CC1)C12CC3CC(CC(C3)C1)C2. The summed E-state index contributed by atoms with van der Waals surface area (Å²) in [5, 5.41) is 3.44. The highest BCUT2D eigenvalue weighted by Gasteiger charge is 2.54. The Hall–Kier alpha value is -0.220. The number of hydrogen-bond acceptors (Lipinski definition) is 3. The Kier molecular flexibility index (Phi) is 5.02. The highest BCUT2D eigenvalue weighted by Crippen LogP contribution is 2.60. The van der Waals surface area contributed by atoms with Crippen LogP contribution < -0.4 is 5.32 Å². The monoisotopic (exact) mass is 376 g/mol. The van der Waals surface area contributed by atoms with Crippen LogP contribution in [0.2, 0.25) is 0 Å². The third-order valence-corrected chi connectivity index (χ3v) is 9.48. The number of carbonyl (C=O) groups excluding carboxylic acids is 1. The molecule has 2 heterocycles. The molecule has 2 aliphatic heterocycles. The van der Waals surface area contributed by atoms with E-state index in [0.29, 0.717) is 11.8 Å². The second-order valence-corrected chi connectivity index (χ2v) is 11.5. The summed E-state index contributed by atoms with van der Waals surface area (Å²) in [6.45, 7) is 3.45. The molecule has 146 valence electrons. The molecule has 3 nitrogen and oxygen atoms in total. The first kappa shape index (κ1) is 17.8. The highest BCUT2D eigenvalue weighted by molar-refractivity contribution is 7.99. The molecule has 0 unspecified atom stereocenters. The maximum Gasteiger partial charge on any atom is 0.226 e. The number of thioether (sulfide) groups is 1. The lowest BCUT2D eigenvalue weighted by atomic mass is 9.49. The number of amides is 1. The quantitative estimate of drug-likeness (QED) is 0.807. The average molecular weight is 377 g/mol. The summed E-state index contributed by atoms with van der Waals surface area (Å²) in [6.07, 6.45) is 13.2. The Morgan fingerprint density at radius 1 is 0.923 bits per heavy atom. The number of piperidine rings is 1. The van der Waals surface area contributed by atoms with E-state index in [2.05, 4.69) is 22.0 Å². The summed E-state index contributed by atoms with van der Waals surface area (Å²) in [5.41, 5.74) is 0.0369. The number of rotatable bonds is 4. The molecule has 0 atom stereocenters. The molecule has 0 aromatic carbocycles. The van der Waals surface area contributed by atoms with Crippen LogP contribution in [0.25, 0.3) is 0 Å². The Morgan fingerprint density at radius 2 is 1.50 bits per heavy atom. The molecule has 0 aromatic heterocycles. The van der Waals surface area contributed by atoms with Gasteiger partial charge in [-0.25, -0.2) is 0 Å². The van der Waals surface area contributed by atoms with Crippen LogP contribution in [0.3, 0.4) is 0 Å². The normalized spacial score (nSPS) is 41.5. The lowest BCUT2D eigenvalue weighted by Crippen LogP contribution is -2.54.